The van der Waals surface area contributed by atoms with Crippen molar-refractivity contribution in [3.63, 3.8) is 0 Å². The largest absolute Gasteiger partial charge is 0.468 e. The highest BCUT2D eigenvalue weighted by Gasteiger charge is 2.41. The van der Waals surface area contributed by atoms with Crippen molar-refractivity contribution < 1.29 is 18.4 Å². The Hall–Kier alpha value is -2.54. The number of imide groups is 1. The van der Waals surface area contributed by atoms with Crippen molar-refractivity contribution in [1.29, 1.82) is 0 Å². The van der Waals surface area contributed by atoms with Crippen LogP contribution in [0.25, 0.3) is 5.57 Å². The molecule has 1 aliphatic heterocycles. The van der Waals surface area contributed by atoms with Gasteiger partial charge in [-0.25, -0.2) is 9.29 Å². The molecule has 1 aromatic heterocycles. The van der Waals surface area contributed by atoms with Gasteiger partial charge in [0, 0.05) is 5.02 Å². The molecule has 2 heterocycles. The van der Waals surface area contributed by atoms with E-state index in [1.54, 1.807) is 18.2 Å². The summed E-state index contributed by atoms with van der Waals surface area (Å²) in [5, 5.41) is 0.553. The van der Waals surface area contributed by atoms with Gasteiger partial charge < -0.3 is 4.42 Å². The average molecular weight is 448 g/mol. The van der Waals surface area contributed by atoms with E-state index < -0.39 is 17.6 Å². The minimum absolute atomic E-state index is 0.183. The van der Waals surface area contributed by atoms with Gasteiger partial charge in [-0.3, -0.25) is 9.59 Å². The van der Waals surface area contributed by atoms with Crippen LogP contribution in [-0.2, 0) is 15.3 Å². The van der Waals surface area contributed by atoms with Gasteiger partial charge in [-0.1, -0.05) is 35.3 Å². The fourth-order valence-corrected chi connectivity index (χ4v) is 4.31. The maximum atomic E-state index is 13.4. The molecule has 0 fully saturated rings. The molecular formula is C21H12Cl2FNO3S. The van der Waals surface area contributed by atoms with E-state index in [2.05, 4.69) is 0 Å². The monoisotopic (exact) mass is 447 g/mol. The number of carbonyl (C=O) groups is 2. The Bertz CT molecular complexity index is 1130. The van der Waals surface area contributed by atoms with Crippen LogP contribution in [0.15, 0.2) is 70.2 Å². The molecule has 146 valence electrons. The van der Waals surface area contributed by atoms with Crippen LogP contribution >= 0.6 is 35.0 Å². The van der Waals surface area contributed by atoms with E-state index in [9.17, 15) is 14.0 Å². The van der Waals surface area contributed by atoms with Crippen LogP contribution in [0.2, 0.25) is 10.0 Å². The first kappa shape index (κ1) is 19.8. The summed E-state index contributed by atoms with van der Waals surface area (Å²) in [7, 11) is 0. The zero-order valence-corrected chi connectivity index (χ0v) is 17.0. The first-order valence-corrected chi connectivity index (χ1v) is 10.2. The molecule has 0 saturated carbocycles. The molecule has 1 aliphatic rings. The normalized spacial score (nSPS) is 14.2. The lowest BCUT2D eigenvalue weighted by molar-refractivity contribution is -0.119. The molecule has 3 aromatic rings. The summed E-state index contributed by atoms with van der Waals surface area (Å²) in [6.45, 7) is 0. The molecule has 0 N–H and O–H groups in total. The minimum atomic E-state index is -0.548. The van der Waals surface area contributed by atoms with Crippen molar-refractivity contribution in [2.45, 2.75) is 5.75 Å². The van der Waals surface area contributed by atoms with E-state index in [0.717, 1.165) is 4.90 Å². The first-order chi connectivity index (χ1) is 14.0. The van der Waals surface area contributed by atoms with E-state index in [1.165, 1.54) is 54.4 Å². The summed E-state index contributed by atoms with van der Waals surface area (Å²) in [5.41, 5.74) is 0.817. The summed E-state index contributed by atoms with van der Waals surface area (Å²) < 4.78 is 18.7. The summed E-state index contributed by atoms with van der Waals surface area (Å²) in [6.07, 6.45) is 1.53. The molecule has 4 nitrogen and oxygen atoms in total. The predicted molar refractivity (Wildman–Crippen MR) is 112 cm³/mol. The number of hydrogen-bond acceptors (Lipinski definition) is 4. The van der Waals surface area contributed by atoms with Crippen molar-refractivity contribution in [2.24, 2.45) is 0 Å². The molecular weight excluding hydrogens is 436 g/mol. The number of nitrogens with zero attached hydrogens (tertiary/aromatic N) is 1. The molecule has 4 rings (SSSR count). The maximum Gasteiger partial charge on any atom is 0.272 e. The fraction of sp³-hybridized carbons (Fsp3) is 0.0476. The number of furan rings is 1. The van der Waals surface area contributed by atoms with Crippen molar-refractivity contribution in [3.05, 3.63) is 93.0 Å². The highest BCUT2D eigenvalue weighted by Crippen LogP contribution is 2.42. The zero-order chi connectivity index (χ0) is 20.5. The Balaban J connectivity index is 1.78. The number of thioether (sulfide) groups is 1. The quantitative estimate of drug-likeness (QED) is 0.453. The van der Waals surface area contributed by atoms with Crippen LogP contribution in [0.1, 0.15) is 11.3 Å². The van der Waals surface area contributed by atoms with Crippen LogP contribution < -0.4 is 4.90 Å². The van der Waals surface area contributed by atoms with Crippen LogP contribution in [-0.4, -0.2) is 11.8 Å². The highest BCUT2D eigenvalue weighted by atomic mass is 35.5. The Morgan fingerprint density at radius 2 is 1.76 bits per heavy atom. The van der Waals surface area contributed by atoms with E-state index in [0.29, 0.717) is 22.1 Å². The molecule has 0 spiro atoms. The Morgan fingerprint density at radius 3 is 2.45 bits per heavy atom. The van der Waals surface area contributed by atoms with Crippen LogP contribution in [0, 0.1) is 5.82 Å². The second-order valence-corrected chi connectivity index (χ2v) is 7.95. The summed E-state index contributed by atoms with van der Waals surface area (Å²) >= 11 is 13.5. The standard InChI is InChI=1S/C21H12Cl2FNO3S/c22-13-5-8-16(23)17(10-13)25-20(26)18(12-3-6-14(24)7-4-12)19(21(25)27)29-11-15-2-1-9-28-15/h1-10H,11H2. The predicted octanol–water partition coefficient (Wildman–Crippen LogP) is 5.94. The third-order valence-corrected chi connectivity index (χ3v) is 5.91. The lowest BCUT2D eigenvalue weighted by atomic mass is 10.1. The molecule has 2 aromatic carbocycles. The number of carbonyl (C=O) groups excluding carboxylic acids is 2. The second kappa shape index (κ2) is 8.06. The van der Waals surface area contributed by atoms with Gasteiger partial charge in [-0.15, -0.1) is 11.8 Å². The van der Waals surface area contributed by atoms with Gasteiger partial charge in [-0.2, -0.15) is 0 Å². The van der Waals surface area contributed by atoms with Crippen LogP contribution in [0.4, 0.5) is 10.1 Å². The minimum Gasteiger partial charge on any atom is -0.468 e. The molecule has 8 heteroatoms. The molecule has 0 unspecified atom stereocenters. The third kappa shape index (κ3) is 3.83. The maximum absolute atomic E-state index is 13.4. The first-order valence-electron chi connectivity index (χ1n) is 8.45. The van der Waals surface area contributed by atoms with Gasteiger partial charge in [0.2, 0.25) is 0 Å². The summed E-state index contributed by atoms with van der Waals surface area (Å²) in [5.74, 6) is -0.503. The van der Waals surface area contributed by atoms with Gasteiger partial charge in [0.05, 0.1) is 33.2 Å². The molecule has 0 bridgehead atoms. The summed E-state index contributed by atoms with van der Waals surface area (Å²) in [6, 6.07) is 13.5. The van der Waals surface area contributed by atoms with Gasteiger partial charge in [-0.05, 0) is 48.0 Å². The van der Waals surface area contributed by atoms with Crippen molar-refractivity contribution in [1.82, 2.24) is 0 Å². The number of halogens is 3. The molecule has 29 heavy (non-hydrogen) atoms. The molecule has 0 atom stereocenters. The Morgan fingerprint density at radius 1 is 1.00 bits per heavy atom. The second-order valence-electron chi connectivity index (χ2n) is 6.12. The van der Waals surface area contributed by atoms with Crippen molar-refractivity contribution in [2.75, 3.05) is 4.90 Å². The third-order valence-electron chi connectivity index (χ3n) is 4.26. The number of rotatable bonds is 5. The zero-order valence-electron chi connectivity index (χ0n) is 14.7. The fourth-order valence-electron chi connectivity index (χ4n) is 2.93. The van der Waals surface area contributed by atoms with Gasteiger partial charge >= 0.3 is 0 Å². The van der Waals surface area contributed by atoms with Gasteiger partial charge in [0.25, 0.3) is 11.8 Å². The van der Waals surface area contributed by atoms with E-state index in [1.807, 2.05) is 0 Å². The lowest BCUT2D eigenvalue weighted by Crippen LogP contribution is -2.31. The van der Waals surface area contributed by atoms with Gasteiger partial charge in [0.15, 0.2) is 0 Å². The number of anilines is 1. The van der Waals surface area contributed by atoms with Crippen LogP contribution in [0.3, 0.4) is 0 Å². The SMILES string of the molecule is O=C1C(SCc2ccco2)=C(c2ccc(F)cc2)C(=O)N1c1cc(Cl)ccc1Cl. The number of benzene rings is 2. The topological polar surface area (TPSA) is 50.5 Å². The molecule has 0 aliphatic carbocycles. The van der Waals surface area contributed by atoms with E-state index in [4.69, 9.17) is 27.6 Å². The van der Waals surface area contributed by atoms with Gasteiger partial charge in [0.1, 0.15) is 11.6 Å². The van der Waals surface area contributed by atoms with E-state index >= 15 is 0 Å². The molecule has 0 radical (unpaired) electrons. The van der Waals surface area contributed by atoms with E-state index in [-0.39, 0.29) is 21.2 Å². The Kier molecular flexibility index (Phi) is 5.50. The van der Waals surface area contributed by atoms with Crippen molar-refractivity contribution in [3.8, 4) is 0 Å². The lowest BCUT2D eigenvalue weighted by Gasteiger charge is -2.17. The van der Waals surface area contributed by atoms with Crippen LogP contribution in [0.5, 0.6) is 0 Å². The molecule has 0 saturated heterocycles. The summed E-state index contributed by atoms with van der Waals surface area (Å²) in [4.78, 5) is 27.7. The van der Waals surface area contributed by atoms with Crippen molar-refractivity contribution >= 4 is 58.0 Å². The Labute approximate surface area is 179 Å². The molecule has 2 amide bonds. The smallest absolute Gasteiger partial charge is 0.272 e. The number of amides is 2. The number of hydrogen-bond donors (Lipinski definition) is 0. The average Bonchev–Trinajstić information content (AvgIpc) is 3.30. The highest BCUT2D eigenvalue weighted by molar-refractivity contribution is 8.03.